The molecule has 3 rings (SSSR count). The maximum atomic E-state index is 11.1. The largest absolute Gasteiger partial charge is 0.478 e. The summed E-state index contributed by atoms with van der Waals surface area (Å²) in [7, 11) is 0. The predicted molar refractivity (Wildman–Crippen MR) is 62.1 cm³/mol. The van der Waals surface area contributed by atoms with Crippen molar-refractivity contribution in [2.75, 3.05) is 6.54 Å². The summed E-state index contributed by atoms with van der Waals surface area (Å²) in [5, 5.41) is 12.5. The van der Waals surface area contributed by atoms with Crippen molar-refractivity contribution in [1.29, 1.82) is 0 Å². The number of carbonyl (C=O) groups is 1. The average molecular weight is 231 g/mol. The van der Waals surface area contributed by atoms with Gasteiger partial charge in [0.2, 0.25) is 0 Å². The molecule has 0 bridgehead atoms. The van der Waals surface area contributed by atoms with Gasteiger partial charge in [0.15, 0.2) is 0 Å². The molecule has 2 aromatic heterocycles. The Balaban J connectivity index is 2.15. The summed E-state index contributed by atoms with van der Waals surface area (Å²) in [5.41, 5.74) is 0.952. The molecule has 1 atom stereocenters. The Hall–Kier alpha value is -1.88. The maximum absolute atomic E-state index is 11.1. The van der Waals surface area contributed by atoms with E-state index in [9.17, 15) is 4.79 Å². The number of hydrogen-bond acceptors (Lipinski definition) is 3. The third-order valence-electron chi connectivity index (χ3n) is 3.20. The number of hydrogen-bond donors (Lipinski definition) is 2. The predicted octanol–water partition coefficient (Wildman–Crippen LogP) is 1.46. The van der Waals surface area contributed by atoms with Crippen molar-refractivity contribution in [3.63, 3.8) is 0 Å². The highest BCUT2D eigenvalue weighted by atomic mass is 16.4. The summed E-state index contributed by atoms with van der Waals surface area (Å²) < 4.78 is 1.87. The number of rotatable bonds is 2. The monoisotopic (exact) mass is 231 g/mol. The normalized spacial score (nSPS) is 19.9. The van der Waals surface area contributed by atoms with Crippen LogP contribution in [-0.2, 0) is 0 Å². The third kappa shape index (κ3) is 1.59. The van der Waals surface area contributed by atoms with E-state index >= 15 is 0 Å². The summed E-state index contributed by atoms with van der Waals surface area (Å²) in [4.78, 5) is 15.4. The molecule has 0 aliphatic carbocycles. The Morgan fingerprint density at radius 2 is 2.47 bits per heavy atom. The van der Waals surface area contributed by atoms with Crippen LogP contribution in [0.15, 0.2) is 24.5 Å². The molecule has 1 fully saturated rings. The minimum atomic E-state index is -0.915. The Morgan fingerprint density at radius 3 is 3.18 bits per heavy atom. The molecule has 0 radical (unpaired) electrons. The van der Waals surface area contributed by atoms with Crippen LogP contribution < -0.4 is 5.32 Å². The number of carboxylic acid groups (broad SMARTS) is 1. The fraction of sp³-hybridized carbons (Fsp3) is 0.333. The van der Waals surface area contributed by atoms with Crippen LogP contribution in [-0.4, -0.2) is 27.0 Å². The van der Waals surface area contributed by atoms with Crippen molar-refractivity contribution in [2.24, 2.45) is 0 Å². The first-order valence-corrected chi connectivity index (χ1v) is 5.70. The summed E-state index contributed by atoms with van der Waals surface area (Å²) in [6.45, 7) is 0.998. The van der Waals surface area contributed by atoms with Gasteiger partial charge in [-0.25, -0.2) is 9.78 Å². The van der Waals surface area contributed by atoms with Gasteiger partial charge in [-0.05, 0) is 31.5 Å². The summed E-state index contributed by atoms with van der Waals surface area (Å²) >= 11 is 0. The van der Waals surface area contributed by atoms with Crippen LogP contribution in [0.25, 0.3) is 5.52 Å². The number of fused-ring (bicyclic) bond motifs is 1. The lowest BCUT2D eigenvalue weighted by molar-refractivity contribution is 0.0698. The molecule has 3 heterocycles. The molecule has 5 heteroatoms. The molecule has 88 valence electrons. The van der Waals surface area contributed by atoms with Gasteiger partial charge in [-0.15, -0.1) is 0 Å². The SMILES string of the molecule is O=C(O)c1cccn2c(C3CCCN3)ncc12. The van der Waals surface area contributed by atoms with E-state index in [1.54, 1.807) is 18.3 Å². The summed E-state index contributed by atoms with van der Waals surface area (Å²) in [5.74, 6) is -0.0120. The number of nitrogens with one attached hydrogen (secondary N) is 1. The van der Waals surface area contributed by atoms with Crippen LogP contribution in [0.4, 0.5) is 0 Å². The fourth-order valence-electron chi connectivity index (χ4n) is 2.39. The Labute approximate surface area is 98.1 Å². The zero-order valence-corrected chi connectivity index (χ0v) is 9.26. The van der Waals surface area contributed by atoms with E-state index in [1.807, 2.05) is 10.6 Å². The zero-order valence-electron chi connectivity index (χ0n) is 9.26. The first-order chi connectivity index (χ1) is 8.27. The number of carboxylic acids is 1. The molecule has 2 N–H and O–H groups in total. The molecule has 1 saturated heterocycles. The van der Waals surface area contributed by atoms with E-state index in [-0.39, 0.29) is 6.04 Å². The molecule has 0 saturated carbocycles. The molecular weight excluding hydrogens is 218 g/mol. The van der Waals surface area contributed by atoms with Crippen LogP contribution in [0.5, 0.6) is 0 Å². The topological polar surface area (TPSA) is 66.6 Å². The van der Waals surface area contributed by atoms with Crippen molar-refractivity contribution < 1.29 is 9.90 Å². The average Bonchev–Trinajstić information content (AvgIpc) is 2.96. The third-order valence-corrected chi connectivity index (χ3v) is 3.20. The molecule has 1 aliphatic rings. The summed E-state index contributed by atoms with van der Waals surface area (Å²) in [6, 6.07) is 3.59. The second-order valence-electron chi connectivity index (χ2n) is 4.25. The fourth-order valence-corrected chi connectivity index (χ4v) is 2.39. The van der Waals surface area contributed by atoms with E-state index in [0.717, 1.165) is 25.2 Å². The van der Waals surface area contributed by atoms with Gasteiger partial charge in [-0.3, -0.25) is 0 Å². The Kier molecular flexibility index (Phi) is 2.33. The molecule has 0 aromatic carbocycles. The number of nitrogens with zero attached hydrogens (tertiary/aromatic N) is 2. The number of aromatic carboxylic acids is 1. The van der Waals surface area contributed by atoms with E-state index in [2.05, 4.69) is 10.3 Å². The van der Waals surface area contributed by atoms with Crippen LogP contribution in [0, 0.1) is 0 Å². The number of pyridine rings is 1. The highest BCUT2D eigenvalue weighted by molar-refractivity contribution is 5.95. The van der Waals surface area contributed by atoms with Crippen LogP contribution >= 0.6 is 0 Å². The zero-order chi connectivity index (χ0) is 11.8. The highest BCUT2D eigenvalue weighted by Gasteiger charge is 2.21. The Morgan fingerprint density at radius 1 is 1.59 bits per heavy atom. The molecule has 5 nitrogen and oxygen atoms in total. The van der Waals surface area contributed by atoms with Gasteiger partial charge in [0, 0.05) is 6.20 Å². The van der Waals surface area contributed by atoms with Crippen molar-refractivity contribution in [3.8, 4) is 0 Å². The standard InChI is InChI=1S/C12H13N3O2/c16-12(17)8-3-2-6-15-10(8)7-14-11(15)9-4-1-5-13-9/h2-3,6-7,9,13H,1,4-5H2,(H,16,17). The highest BCUT2D eigenvalue weighted by Crippen LogP contribution is 2.24. The lowest BCUT2D eigenvalue weighted by Crippen LogP contribution is -2.16. The van der Waals surface area contributed by atoms with Gasteiger partial charge in [-0.1, -0.05) is 0 Å². The van der Waals surface area contributed by atoms with Crippen molar-refractivity contribution in [1.82, 2.24) is 14.7 Å². The van der Waals surface area contributed by atoms with Gasteiger partial charge < -0.3 is 14.8 Å². The smallest absolute Gasteiger partial charge is 0.337 e. The quantitative estimate of drug-likeness (QED) is 0.821. The maximum Gasteiger partial charge on any atom is 0.337 e. The van der Waals surface area contributed by atoms with E-state index < -0.39 is 5.97 Å². The van der Waals surface area contributed by atoms with Gasteiger partial charge in [0.1, 0.15) is 5.82 Å². The molecule has 17 heavy (non-hydrogen) atoms. The van der Waals surface area contributed by atoms with Crippen LogP contribution in [0.3, 0.4) is 0 Å². The van der Waals surface area contributed by atoms with Crippen LogP contribution in [0.2, 0.25) is 0 Å². The van der Waals surface area contributed by atoms with Crippen molar-refractivity contribution in [2.45, 2.75) is 18.9 Å². The second-order valence-corrected chi connectivity index (χ2v) is 4.25. The first-order valence-electron chi connectivity index (χ1n) is 5.70. The molecule has 2 aromatic rings. The van der Waals surface area contributed by atoms with Gasteiger partial charge >= 0.3 is 5.97 Å². The van der Waals surface area contributed by atoms with E-state index in [1.165, 1.54) is 0 Å². The molecule has 0 amide bonds. The van der Waals surface area contributed by atoms with Crippen molar-refractivity contribution >= 4 is 11.5 Å². The second kappa shape index (κ2) is 3.85. The van der Waals surface area contributed by atoms with Crippen molar-refractivity contribution in [3.05, 3.63) is 35.9 Å². The van der Waals surface area contributed by atoms with Gasteiger partial charge in [0.25, 0.3) is 0 Å². The lowest BCUT2D eigenvalue weighted by atomic mass is 10.2. The minimum Gasteiger partial charge on any atom is -0.478 e. The van der Waals surface area contributed by atoms with Gasteiger partial charge in [-0.2, -0.15) is 0 Å². The van der Waals surface area contributed by atoms with E-state index in [0.29, 0.717) is 11.1 Å². The van der Waals surface area contributed by atoms with E-state index in [4.69, 9.17) is 5.11 Å². The molecule has 0 spiro atoms. The lowest BCUT2D eigenvalue weighted by Gasteiger charge is -2.09. The molecule has 1 unspecified atom stereocenters. The first kappa shape index (κ1) is 10.3. The Bertz CT molecular complexity index is 570. The van der Waals surface area contributed by atoms with Crippen LogP contribution in [0.1, 0.15) is 35.1 Å². The molecule has 1 aliphatic heterocycles. The number of imidazole rings is 1. The number of aromatic nitrogens is 2. The summed E-state index contributed by atoms with van der Waals surface area (Å²) in [6.07, 6.45) is 5.69. The minimum absolute atomic E-state index is 0.238. The van der Waals surface area contributed by atoms with Gasteiger partial charge in [0.05, 0.1) is 23.3 Å². The molecular formula is C12H13N3O2.